The highest BCUT2D eigenvalue weighted by Crippen LogP contribution is 2.31. The fraction of sp³-hybridized carbons (Fsp3) is 0.917. The van der Waals surface area contributed by atoms with E-state index in [2.05, 4.69) is 11.8 Å². The molecule has 94 valence electrons. The molecule has 0 aromatic rings. The molecule has 1 rings (SSSR count). The number of carbonyl (C=O) groups is 1. The van der Waals surface area contributed by atoms with Crippen molar-refractivity contribution in [3.63, 3.8) is 0 Å². The standard InChI is InChI=1S/C12H25N3O/c1-5-15(10(2)9-14(3)4)11(16)12(13)7-6-8-12/h10H,5-9,13H2,1-4H3. The van der Waals surface area contributed by atoms with Gasteiger partial charge in [0.05, 0.1) is 5.54 Å². The monoisotopic (exact) mass is 227 g/mol. The van der Waals surface area contributed by atoms with Crippen LogP contribution < -0.4 is 5.73 Å². The average molecular weight is 227 g/mol. The number of nitrogens with zero attached hydrogens (tertiary/aromatic N) is 2. The minimum atomic E-state index is -0.559. The average Bonchev–Trinajstić information content (AvgIpc) is 2.13. The Balaban J connectivity index is 2.62. The van der Waals surface area contributed by atoms with Crippen LogP contribution in [0.1, 0.15) is 33.1 Å². The van der Waals surface area contributed by atoms with Crippen LogP contribution in [0.3, 0.4) is 0 Å². The molecule has 2 N–H and O–H groups in total. The largest absolute Gasteiger partial charge is 0.337 e. The fourth-order valence-electron chi connectivity index (χ4n) is 2.34. The SMILES string of the molecule is CCN(C(=O)C1(N)CCC1)C(C)CN(C)C. The van der Waals surface area contributed by atoms with Crippen LogP contribution >= 0.6 is 0 Å². The molecule has 0 radical (unpaired) electrons. The number of rotatable bonds is 5. The Hall–Kier alpha value is -0.610. The molecule has 1 saturated carbocycles. The van der Waals surface area contributed by atoms with E-state index < -0.39 is 5.54 Å². The summed E-state index contributed by atoms with van der Waals surface area (Å²) in [5, 5.41) is 0. The highest BCUT2D eigenvalue weighted by molar-refractivity contribution is 5.87. The summed E-state index contributed by atoms with van der Waals surface area (Å²) >= 11 is 0. The highest BCUT2D eigenvalue weighted by atomic mass is 16.2. The Labute approximate surface area is 98.8 Å². The molecule has 0 aromatic heterocycles. The Kier molecular flexibility index (Phi) is 4.33. The van der Waals surface area contributed by atoms with E-state index in [1.807, 2.05) is 25.9 Å². The first-order chi connectivity index (χ1) is 7.40. The fourth-order valence-corrected chi connectivity index (χ4v) is 2.34. The van der Waals surface area contributed by atoms with Gasteiger partial charge in [0.15, 0.2) is 0 Å². The van der Waals surface area contributed by atoms with Crippen LogP contribution in [0.5, 0.6) is 0 Å². The van der Waals surface area contributed by atoms with Gasteiger partial charge in [-0.3, -0.25) is 4.79 Å². The zero-order valence-electron chi connectivity index (χ0n) is 11.0. The predicted molar refractivity (Wildman–Crippen MR) is 66.2 cm³/mol. The molecule has 1 aliphatic carbocycles. The first-order valence-corrected chi connectivity index (χ1v) is 6.15. The lowest BCUT2D eigenvalue weighted by Crippen LogP contribution is -2.61. The van der Waals surface area contributed by atoms with E-state index in [1.54, 1.807) is 0 Å². The molecule has 16 heavy (non-hydrogen) atoms. The molecule has 0 aliphatic heterocycles. The van der Waals surface area contributed by atoms with Crippen LogP contribution in [0.15, 0.2) is 0 Å². The van der Waals surface area contributed by atoms with Gasteiger partial charge in [0.1, 0.15) is 0 Å². The number of hydrogen-bond donors (Lipinski definition) is 1. The third kappa shape index (κ3) is 2.74. The van der Waals surface area contributed by atoms with Crippen molar-refractivity contribution in [2.75, 3.05) is 27.2 Å². The van der Waals surface area contributed by atoms with Gasteiger partial charge in [-0.2, -0.15) is 0 Å². The van der Waals surface area contributed by atoms with E-state index in [0.29, 0.717) is 0 Å². The molecule has 0 heterocycles. The molecule has 0 aromatic carbocycles. The quantitative estimate of drug-likeness (QED) is 0.751. The van der Waals surface area contributed by atoms with Gasteiger partial charge in [-0.05, 0) is 47.2 Å². The van der Waals surface area contributed by atoms with Gasteiger partial charge in [0.25, 0.3) is 0 Å². The molecule has 0 spiro atoms. The molecule has 1 unspecified atom stereocenters. The summed E-state index contributed by atoms with van der Waals surface area (Å²) in [6.45, 7) is 5.73. The third-order valence-electron chi connectivity index (χ3n) is 3.43. The zero-order chi connectivity index (χ0) is 12.3. The number of amides is 1. The summed E-state index contributed by atoms with van der Waals surface area (Å²) in [6.07, 6.45) is 2.77. The van der Waals surface area contributed by atoms with Gasteiger partial charge >= 0.3 is 0 Å². The topological polar surface area (TPSA) is 49.6 Å². The number of likely N-dealkylation sites (N-methyl/N-ethyl adjacent to an activating group) is 2. The maximum Gasteiger partial charge on any atom is 0.242 e. The summed E-state index contributed by atoms with van der Waals surface area (Å²) < 4.78 is 0. The molecule has 1 aliphatic rings. The van der Waals surface area contributed by atoms with Gasteiger partial charge < -0.3 is 15.5 Å². The molecule has 0 saturated heterocycles. The molecule has 4 nitrogen and oxygen atoms in total. The predicted octanol–water partition coefficient (Wildman–Crippen LogP) is 0.666. The Bertz CT molecular complexity index is 249. The maximum absolute atomic E-state index is 12.3. The van der Waals surface area contributed by atoms with Crippen LogP contribution in [-0.2, 0) is 4.79 Å². The molecular weight excluding hydrogens is 202 g/mol. The van der Waals surface area contributed by atoms with Crippen LogP contribution in [-0.4, -0.2) is 54.5 Å². The summed E-state index contributed by atoms with van der Waals surface area (Å²) in [5.74, 6) is 0.135. The van der Waals surface area contributed by atoms with E-state index in [-0.39, 0.29) is 11.9 Å². The number of nitrogens with two attached hydrogens (primary N) is 1. The van der Waals surface area contributed by atoms with Gasteiger partial charge in [0, 0.05) is 19.1 Å². The minimum Gasteiger partial charge on any atom is -0.337 e. The first-order valence-electron chi connectivity index (χ1n) is 6.15. The molecule has 0 bridgehead atoms. The van der Waals surface area contributed by atoms with Gasteiger partial charge in [0.2, 0.25) is 5.91 Å². The smallest absolute Gasteiger partial charge is 0.242 e. The second-order valence-electron chi connectivity index (χ2n) is 5.21. The summed E-state index contributed by atoms with van der Waals surface area (Å²) in [4.78, 5) is 16.3. The first kappa shape index (κ1) is 13.5. The summed E-state index contributed by atoms with van der Waals surface area (Å²) in [6, 6.07) is 0.230. The van der Waals surface area contributed by atoms with Gasteiger partial charge in [-0.15, -0.1) is 0 Å². The van der Waals surface area contributed by atoms with E-state index in [4.69, 9.17) is 5.73 Å². The van der Waals surface area contributed by atoms with E-state index in [9.17, 15) is 4.79 Å². The van der Waals surface area contributed by atoms with Crippen molar-refractivity contribution in [2.45, 2.75) is 44.7 Å². The van der Waals surface area contributed by atoms with E-state index in [0.717, 1.165) is 32.4 Å². The molecule has 1 fully saturated rings. The van der Waals surface area contributed by atoms with Crippen molar-refractivity contribution in [1.29, 1.82) is 0 Å². The van der Waals surface area contributed by atoms with E-state index in [1.165, 1.54) is 0 Å². The molecule has 4 heteroatoms. The maximum atomic E-state index is 12.3. The lowest BCUT2D eigenvalue weighted by atomic mass is 9.76. The second kappa shape index (κ2) is 5.15. The molecule has 1 atom stereocenters. The summed E-state index contributed by atoms with van der Waals surface area (Å²) in [5.41, 5.74) is 5.53. The summed E-state index contributed by atoms with van der Waals surface area (Å²) in [7, 11) is 4.05. The van der Waals surface area contributed by atoms with E-state index >= 15 is 0 Å². The lowest BCUT2D eigenvalue weighted by Gasteiger charge is -2.42. The minimum absolute atomic E-state index is 0.135. The Morgan fingerprint density at radius 1 is 1.44 bits per heavy atom. The third-order valence-corrected chi connectivity index (χ3v) is 3.43. The van der Waals surface area contributed by atoms with Crippen LogP contribution in [0.2, 0.25) is 0 Å². The van der Waals surface area contributed by atoms with Crippen molar-refractivity contribution < 1.29 is 4.79 Å². The van der Waals surface area contributed by atoms with Crippen molar-refractivity contribution in [2.24, 2.45) is 5.73 Å². The number of hydrogen-bond acceptors (Lipinski definition) is 3. The van der Waals surface area contributed by atoms with Gasteiger partial charge in [-0.25, -0.2) is 0 Å². The second-order valence-corrected chi connectivity index (χ2v) is 5.21. The number of carbonyl (C=O) groups excluding carboxylic acids is 1. The van der Waals surface area contributed by atoms with Crippen molar-refractivity contribution in [1.82, 2.24) is 9.80 Å². The Morgan fingerprint density at radius 3 is 2.31 bits per heavy atom. The lowest BCUT2D eigenvalue weighted by molar-refractivity contribution is -0.142. The van der Waals surface area contributed by atoms with Crippen LogP contribution in [0.25, 0.3) is 0 Å². The molecular formula is C12H25N3O. The highest BCUT2D eigenvalue weighted by Gasteiger charge is 2.43. The van der Waals surface area contributed by atoms with Crippen molar-refractivity contribution in [3.05, 3.63) is 0 Å². The molecule has 1 amide bonds. The van der Waals surface area contributed by atoms with Gasteiger partial charge in [-0.1, -0.05) is 0 Å². The van der Waals surface area contributed by atoms with Crippen LogP contribution in [0, 0.1) is 0 Å². The van der Waals surface area contributed by atoms with Crippen molar-refractivity contribution in [3.8, 4) is 0 Å². The van der Waals surface area contributed by atoms with Crippen LogP contribution in [0.4, 0.5) is 0 Å². The Morgan fingerprint density at radius 2 is 2.00 bits per heavy atom. The van der Waals surface area contributed by atoms with Crippen molar-refractivity contribution >= 4 is 5.91 Å². The zero-order valence-corrected chi connectivity index (χ0v) is 11.0. The normalized spacial score (nSPS) is 20.4.